The minimum absolute atomic E-state index is 0.123. The first kappa shape index (κ1) is 41.4. The molecule has 0 spiro atoms. The van der Waals surface area contributed by atoms with Gasteiger partial charge in [-0.25, -0.2) is 9.36 Å². The average molecular weight is 652 g/mol. The average Bonchev–Trinajstić information content (AvgIpc) is 2.97. The van der Waals surface area contributed by atoms with Gasteiger partial charge in [-0.15, -0.1) is 0 Å². The van der Waals surface area contributed by atoms with E-state index in [9.17, 15) is 33.4 Å². The Bertz CT molecular complexity index is 940. The molecule has 14 nitrogen and oxygen atoms in total. The van der Waals surface area contributed by atoms with Crippen molar-refractivity contribution in [3.63, 3.8) is 0 Å². The number of unbranched alkanes of at least 4 members (excludes halogenated alkanes) is 12. The van der Waals surface area contributed by atoms with E-state index in [1.807, 2.05) is 0 Å². The maximum absolute atomic E-state index is 12.2. The first-order valence-corrected chi connectivity index (χ1v) is 16.7. The molecule has 0 aliphatic rings. The summed E-state index contributed by atoms with van der Waals surface area (Å²) in [7, 11) is -4.82. The van der Waals surface area contributed by atoms with Crippen LogP contribution in [0.25, 0.3) is 0 Å². The van der Waals surface area contributed by atoms with Crippen molar-refractivity contribution in [2.75, 3.05) is 19.8 Å². The molecule has 3 atom stereocenters. The fourth-order valence-electron chi connectivity index (χ4n) is 3.84. The summed E-state index contributed by atoms with van der Waals surface area (Å²) in [5.41, 5.74) is 5.23. The number of phosphoric acid groups is 1. The van der Waals surface area contributed by atoms with Crippen molar-refractivity contribution in [1.82, 2.24) is 0 Å². The summed E-state index contributed by atoms with van der Waals surface area (Å²) in [5.74, 6) is -4.97. The van der Waals surface area contributed by atoms with Crippen LogP contribution in [0, 0.1) is 0 Å². The Kier molecular flexibility index (Phi) is 24.1. The van der Waals surface area contributed by atoms with Gasteiger partial charge in [-0.1, -0.05) is 84.0 Å². The van der Waals surface area contributed by atoms with Gasteiger partial charge in [0, 0.05) is 18.9 Å². The number of nitrogens with two attached hydrogens (primary N) is 1. The Hall–Kier alpha value is -2.64. The lowest BCUT2D eigenvalue weighted by molar-refractivity contribution is -0.161. The van der Waals surface area contributed by atoms with Crippen LogP contribution >= 0.6 is 7.82 Å². The number of esters is 2. The van der Waals surface area contributed by atoms with Crippen molar-refractivity contribution in [2.45, 2.75) is 122 Å². The van der Waals surface area contributed by atoms with Crippen LogP contribution in [0.15, 0.2) is 12.2 Å². The molecule has 0 bridgehead atoms. The minimum atomic E-state index is -4.82. The highest BCUT2D eigenvalue weighted by atomic mass is 31.2. The molecule has 44 heavy (non-hydrogen) atoms. The van der Waals surface area contributed by atoms with Crippen molar-refractivity contribution in [3.05, 3.63) is 12.2 Å². The van der Waals surface area contributed by atoms with E-state index in [2.05, 4.69) is 11.4 Å². The third kappa shape index (κ3) is 25.8. The second-order valence-electron chi connectivity index (χ2n) is 10.4. The molecular weight excluding hydrogens is 601 g/mol. The molecule has 254 valence electrons. The highest BCUT2D eigenvalue weighted by Crippen LogP contribution is 2.43. The van der Waals surface area contributed by atoms with Crippen molar-refractivity contribution < 1.29 is 62.2 Å². The fraction of sp³-hybridized carbons (Fsp3) is 0.759. The molecule has 0 aliphatic carbocycles. The topological polar surface area (TPSA) is 226 Å². The zero-order valence-corrected chi connectivity index (χ0v) is 26.6. The van der Waals surface area contributed by atoms with Crippen molar-refractivity contribution in [3.8, 4) is 0 Å². The third-order valence-electron chi connectivity index (χ3n) is 6.36. The lowest BCUT2D eigenvalue weighted by Crippen LogP contribution is -2.34. The first-order valence-electron chi connectivity index (χ1n) is 15.3. The normalized spacial score (nSPS) is 14.1. The van der Waals surface area contributed by atoms with Gasteiger partial charge < -0.3 is 30.3 Å². The van der Waals surface area contributed by atoms with Crippen molar-refractivity contribution >= 4 is 37.5 Å². The van der Waals surface area contributed by atoms with Gasteiger partial charge in [0.15, 0.2) is 11.9 Å². The molecule has 0 radical (unpaired) electrons. The van der Waals surface area contributed by atoms with Crippen LogP contribution in [-0.4, -0.2) is 76.7 Å². The molecule has 15 heteroatoms. The first-order chi connectivity index (χ1) is 20.9. The highest BCUT2D eigenvalue weighted by molar-refractivity contribution is 7.47. The predicted octanol–water partition coefficient (Wildman–Crippen LogP) is 4.46. The molecule has 0 amide bonds. The summed E-state index contributed by atoms with van der Waals surface area (Å²) < 4.78 is 31.6. The van der Waals surface area contributed by atoms with Gasteiger partial charge in [0.2, 0.25) is 0 Å². The number of carbonyl (C=O) groups excluding carboxylic acids is 3. The van der Waals surface area contributed by atoms with E-state index < -0.39 is 75.9 Å². The van der Waals surface area contributed by atoms with Crippen LogP contribution in [0.5, 0.6) is 0 Å². The molecule has 0 fully saturated rings. The van der Waals surface area contributed by atoms with Crippen LogP contribution in [-0.2, 0) is 47.1 Å². The summed E-state index contributed by atoms with van der Waals surface area (Å²) in [5, 5.41) is 17.3. The third-order valence-corrected chi connectivity index (χ3v) is 7.31. The molecule has 0 rings (SSSR count). The molecule has 0 aromatic rings. The Morgan fingerprint density at radius 2 is 1.23 bits per heavy atom. The summed E-state index contributed by atoms with van der Waals surface area (Å²) in [6, 6.07) is -1.59. The van der Waals surface area contributed by atoms with E-state index in [1.54, 1.807) is 0 Å². The molecule has 0 aromatic carbocycles. The van der Waals surface area contributed by atoms with Gasteiger partial charge in [-0.3, -0.25) is 28.2 Å². The summed E-state index contributed by atoms with van der Waals surface area (Å²) in [4.78, 5) is 67.1. The van der Waals surface area contributed by atoms with Gasteiger partial charge in [0.1, 0.15) is 12.6 Å². The number of carboxylic acids is 2. The lowest BCUT2D eigenvalue weighted by atomic mass is 10.0. The molecule has 0 aliphatic heterocycles. The van der Waals surface area contributed by atoms with E-state index >= 15 is 0 Å². The molecule has 0 aromatic heterocycles. The highest BCUT2D eigenvalue weighted by Gasteiger charge is 2.28. The quantitative estimate of drug-likeness (QED) is 0.0379. The number of ketones is 1. The number of aliphatic carboxylic acids is 2. The summed E-state index contributed by atoms with van der Waals surface area (Å²) in [6.45, 7) is 0.0841. The Morgan fingerprint density at radius 3 is 1.75 bits per heavy atom. The standard InChI is InChI=1S/C29H50NO13P/c1-2-3-4-5-6-7-8-9-10-11-12-13-14-15-27(34)40-20-24(21-41-44(38,39)42-22-25(30)29(36)37)43-28(35)19-17-23(31)16-18-26(32)33/h16,18,24-25H,2-15,17,19-22,30H2,1H3,(H,32,33)(H,36,37)(H,38,39)/b18-16+/t24-,25+/m1/s1. The molecule has 0 heterocycles. The summed E-state index contributed by atoms with van der Waals surface area (Å²) in [6.07, 6.45) is 14.3. The minimum Gasteiger partial charge on any atom is -0.480 e. The van der Waals surface area contributed by atoms with Crippen LogP contribution in [0.2, 0.25) is 0 Å². The second kappa shape index (κ2) is 25.7. The zero-order valence-electron chi connectivity index (χ0n) is 25.7. The van der Waals surface area contributed by atoms with Gasteiger partial charge in [-0.2, -0.15) is 0 Å². The number of carbonyl (C=O) groups is 5. The van der Waals surface area contributed by atoms with Crippen LogP contribution in [0.1, 0.15) is 110 Å². The van der Waals surface area contributed by atoms with E-state index in [0.717, 1.165) is 31.8 Å². The SMILES string of the molecule is CCCCCCCCCCCCCCCC(=O)OC[C@H](COP(=O)(O)OC[C@H](N)C(=O)O)OC(=O)CCC(=O)/C=C/C(=O)O. The predicted molar refractivity (Wildman–Crippen MR) is 160 cm³/mol. The molecule has 0 saturated carbocycles. The fourth-order valence-corrected chi connectivity index (χ4v) is 4.62. The van der Waals surface area contributed by atoms with Crippen molar-refractivity contribution in [1.29, 1.82) is 0 Å². The van der Waals surface area contributed by atoms with Crippen molar-refractivity contribution in [2.24, 2.45) is 5.73 Å². The summed E-state index contributed by atoms with van der Waals surface area (Å²) >= 11 is 0. The number of carboxylic acid groups (broad SMARTS) is 2. The maximum atomic E-state index is 12.2. The number of rotatable bonds is 29. The number of allylic oxidation sites excluding steroid dienone is 1. The molecular formula is C29H50NO13P. The van der Waals surface area contributed by atoms with E-state index in [4.69, 9.17) is 29.9 Å². The molecule has 1 unspecified atom stereocenters. The van der Waals surface area contributed by atoms with Gasteiger partial charge >= 0.3 is 31.7 Å². The maximum Gasteiger partial charge on any atom is 0.472 e. The number of hydrogen-bond donors (Lipinski definition) is 4. The number of hydrogen-bond acceptors (Lipinski definition) is 11. The largest absolute Gasteiger partial charge is 0.480 e. The molecule has 5 N–H and O–H groups in total. The monoisotopic (exact) mass is 651 g/mol. The lowest BCUT2D eigenvalue weighted by Gasteiger charge is -2.20. The second-order valence-corrected chi connectivity index (χ2v) is 11.9. The Morgan fingerprint density at radius 1 is 0.705 bits per heavy atom. The smallest absolute Gasteiger partial charge is 0.472 e. The number of ether oxygens (including phenoxy) is 2. The van der Waals surface area contributed by atoms with Crippen LogP contribution < -0.4 is 5.73 Å². The number of phosphoric ester groups is 1. The van der Waals surface area contributed by atoms with Gasteiger partial charge in [0.25, 0.3) is 0 Å². The van der Waals surface area contributed by atoms with Crippen LogP contribution in [0.4, 0.5) is 0 Å². The van der Waals surface area contributed by atoms with Gasteiger partial charge in [0.05, 0.1) is 19.6 Å². The Balaban J connectivity index is 4.56. The zero-order chi connectivity index (χ0) is 33.2. The van der Waals surface area contributed by atoms with E-state index in [1.165, 1.54) is 51.4 Å². The van der Waals surface area contributed by atoms with E-state index in [0.29, 0.717) is 12.5 Å². The Labute approximate surface area is 259 Å². The van der Waals surface area contributed by atoms with Gasteiger partial charge in [-0.05, 0) is 12.5 Å². The van der Waals surface area contributed by atoms with Crippen LogP contribution in [0.3, 0.4) is 0 Å². The van der Waals surface area contributed by atoms with E-state index in [-0.39, 0.29) is 12.8 Å². The molecule has 0 saturated heterocycles.